The first-order valence-electron chi connectivity index (χ1n) is 8.13. The summed E-state index contributed by atoms with van der Waals surface area (Å²) in [5, 5.41) is 0. The highest BCUT2D eigenvalue weighted by Crippen LogP contribution is 2.46. The number of rotatable bonds is 4. The molecule has 0 N–H and O–H groups in total. The molecule has 0 unspecified atom stereocenters. The zero-order chi connectivity index (χ0) is 17.2. The summed E-state index contributed by atoms with van der Waals surface area (Å²) in [6.07, 6.45) is 2.56. The van der Waals surface area contributed by atoms with Crippen molar-refractivity contribution in [2.75, 3.05) is 6.61 Å². The average Bonchev–Trinajstić information content (AvgIpc) is 2.54. The molecule has 128 valence electrons. The number of hydrogen-bond donors (Lipinski definition) is 0. The Morgan fingerprint density at radius 2 is 1.96 bits per heavy atom. The first-order chi connectivity index (χ1) is 11.4. The van der Waals surface area contributed by atoms with E-state index in [0.29, 0.717) is 6.61 Å². The summed E-state index contributed by atoms with van der Waals surface area (Å²) in [6, 6.07) is 9.80. The lowest BCUT2D eigenvalue weighted by atomic mass is 9.72. The van der Waals surface area contributed by atoms with E-state index < -0.39 is 17.3 Å². The number of ether oxygens (including phenoxy) is 3. The highest BCUT2D eigenvalue weighted by Gasteiger charge is 2.59. The normalized spacial score (nSPS) is 28.8. The molecule has 1 spiro atoms. The van der Waals surface area contributed by atoms with Crippen molar-refractivity contribution in [2.24, 2.45) is 5.41 Å². The lowest BCUT2D eigenvalue weighted by Crippen LogP contribution is -2.61. The fraction of sp³-hybridized carbons (Fsp3) is 0.474. The summed E-state index contributed by atoms with van der Waals surface area (Å²) in [5.74, 6) is -1.33. The molecule has 2 heterocycles. The highest BCUT2D eigenvalue weighted by molar-refractivity contribution is 5.93. The second-order valence-corrected chi connectivity index (χ2v) is 6.81. The number of allylic oxidation sites excluding steroid dienone is 1. The Bertz CT molecular complexity index is 649. The van der Waals surface area contributed by atoms with E-state index >= 15 is 0 Å². The van der Waals surface area contributed by atoms with Crippen LogP contribution in [-0.2, 0) is 30.4 Å². The summed E-state index contributed by atoms with van der Waals surface area (Å²) < 4.78 is 17.4. The SMILES string of the molecule is CC1(C)C(=O)C[C@H](COCc2ccccc2)O[C@]12CC(=O)C=CO2. The van der Waals surface area contributed by atoms with Crippen LogP contribution < -0.4 is 0 Å². The number of hydrogen-bond acceptors (Lipinski definition) is 5. The molecule has 0 radical (unpaired) electrons. The molecular weight excluding hydrogens is 308 g/mol. The van der Waals surface area contributed by atoms with Crippen molar-refractivity contribution >= 4 is 11.6 Å². The molecule has 1 aromatic rings. The van der Waals surface area contributed by atoms with Gasteiger partial charge in [-0.1, -0.05) is 30.3 Å². The molecule has 1 saturated heterocycles. The summed E-state index contributed by atoms with van der Waals surface area (Å²) in [6.45, 7) is 4.26. The van der Waals surface area contributed by atoms with Crippen molar-refractivity contribution in [1.82, 2.24) is 0 Å². The Morgan fingerprint density at radius 3 is 2.67 bits per heavy atom. The third kappa shape index (κ3) is 3.14. The van der Waals surface area contributed by atoms with E-state index in [1.54, 1.807) is 13.8 Å². The van der Waals surface area contributed by atoms with Gasteiger partial charge in [0.05, 0.1) is 37.4 Å². The predicted octanol–water partition coefficient (Wildman–Crippen LogP) is 2.79. The van der Waals surface area contributed by atoms with Gasteiger partial charge in [0.15, 0.2) is 5.78 Å². The van der Waals surface area contributed by atoms with Crippen LogP contribution in [-0.4, -0.2) is 30.1 Å². The van der Waals surface area contributed by atoms with Crippen LogP contribution in [0.2, 0.25) is 0 Å². The van der Waals surface area contributed by atoms with E-state index in [1.807, 2.05) is 30.3 Å². The lowest BCUT2D eigenvalue weighted by molar-refractivity contribution is -0.302. The minimum absolute atomic E-state index is 0.0187. The standard InChI is InChI=1S/C19H22O5/c1-18(2)17(21)10-16(13-22-12-14-6-4-3-5-7-14)24-19(18)11-15(20)8-9-23-19/h3-9,16H,10-13H2,1-2H3/t16-,19-/m1/s1. The molecule has 0 saturated carbocycles. The van der Waals surface area contributed by atoms with Crippen molar-refractivity contribution < 1.29 is 23.8 Å². The molecule has 1 aromatic carbocycles. The minimum Gasteiger partial charge on any atom is -0.468 e. The van der Waals surface area contributed by atoms with Gasteiger partial charge in [-0.3, -0.25) is 9.59 Å². The molecule has 0 amide bonds. The van der Waals surface area contributed by atoms with E-state index in [9.17, 15) is 9.59 Å². The van der Waals surface area contributed by atoms with Crippen molar-refractivity contribution in [1.29, 1.82) is 0 Å². The van der Waals surface area contributed by atoms with Crippen LogP contribution in [0.5, 0.6) is 0 Å². The Kier molecular flexibility index (Phi) is 4.56. The van der Waals surface area contributed by atoms with Gasteiger partial charge in [-0.25, -0.2) is 0 Å². The monoisotopic (exact) mass is 330 g/mol. The third-order valence-electron chi connectivity index (χ3n) is 4.75. The highest BCUT2D eigenvalue weighted by atomic mass is 16.7. The number of carbonyl (C=O) groups excluding carboxylic acids is 2. The zero-order valence-corrected chi connectivity index (χ0v) is 14.0. The van der Waals surface area contributed by atoms with Gasteiger partial charge in [-0.2, -0.15) is 0 Å². The van der Waals surface area contributed by atoms with Gasteiger partial charge in [-0.15, -0.1) is 0 Å². The summed E-state index contributed by atoms with van der Waals surface area (Å²) in [4.78, 5) is 24.4. The van der Waals surface area contributed by atoms with Crippen LogP contribution in [0.3, 0.4) is 0 Å². The zero-order valence-electron chi connectivity index (χ0n) is 14.0. The van der Waals surface area contributed by atoms with Crippen molar-refractivity contribution in [2.45, 2.75) is 45.2 Å². The summed E-state index contributed by atoms with van der Waals surface area (Å²) >= 11 is 0. The molecule has 3 rings (SSSR count). The largest absolute Gasteiger partial charge is 0.468 e. The van der Waals surface area contributed by atoms with Crippen LogP contribution in [0.25, 0.3) is 0 Å². The van der Waals surface area contributed by atoms with Gasteiger partial charge in [0.2, 0.25) is 5.79 Å². The molecule has 2 aliphatic rings. The number of ketones is 2. The maximum atomic E-state index is 12.6. The molecule has 5 nitrogen and oxygen atoms in total. The Morgan fingerprint density at radius 1 is 1.21 bits per heavy atom. The lowest BCUT2D eigenvalue weighted by Gasteiger charge is -2.50. The second-order valence-electron chi connectivity index (χ2n) is 6.81. The average molecular weight is 330 g/mol. The molecule has 0 aliphatic carbocycles. The van der Waals surface area contributed by atoms with Crippen molar-refractivity contribution in [3.05, 3.63) is 48.2 Å². The van der Waals surface area contributed by atoms with Crippen LogP contribution in [0.4, 0.5) is 0 Å². The quantitative estimate of drug-likeness (QED) is 0.849. The predicted molar refractivity (Wildman–Crippen MR) is 87.0 cm³/mol. The first-order valence-corrected chi connectivity index (χ1v) is 8.13. The molecule has 5 heteroatoms. The van der Waals surface area contributed by atoms with Crippen LogP contribution in [0.1, 0.15) is 32.3 Å². The minimum atomic E-state index is -1.24. The summed E-state index contributed by atoms with van der Waals surface area (Å²) in [5.41, 5.74) is 0.172. The van der Waals surface area contributed by atoms with Gasteiger partial charge in [-0.05, 0) is 19.4 Å². The second kappa shape index (κ2) is 6.49. The fourth-order valence-corrected chi connectivity index (χ4v) is 3.10. The maximum Gasteiger partial charge on any atom is 0.229 e. The van der Waals surface area contributed by atoms with Crippen molar-refractivity contribution in [3.63, 3.8) is 0 Å². The van der Waals surface area contributed by atoms with Gasteiger partial charge >= 0.3 is 0 Å². The Balaban J connectivity index is 1.67. The number of benzene rings is 1. The molecule has 2 aliphatic heterocycles. The fourth-order valence-electron chi connectivity index (χ4n) is 3.10. The molecule has 24 heavy (non-hydrogen) atoms. The summed E-state index contributed by atoms with van der Waals surface area (Å²) in [7, 11) is 0. The molecular formula is C19H22O5. The van der Waals surface area contributed by atoms with Gasteiger partial charge in [0.1, 0.15) is 5.78 Å². The molecule has 0 bridgehead atoms. The maximum absolute atomic E-state index is 12.6. The van der Waals surface area contributed by atoms with E-state index in [4.69, 9.17) is 14.2 Å². The van der Waals surface area contributed by atoms with E-state index in [-0.39, 0.29) is 31.0 Å². The number of Topliss-reactive ketones (excluding diaryl/α,β-unsaturated/α-hetero) is 1. The molecule has 2 atom stereocenters. The third-order valence-corrected chi connectivity index (χ3v) is 4.75. The Labute approximate surface area is 141 Å². The van der Waals surface area contributed by atoms with Gasteiger partial charge < -0.3 is 14.2 Å². The van der Waals surface area contributed by atoms with Crippen molar-refractivity contribution in [3.8, 4) is 0 Å². The van der Waals surface area contributed by atoms with E-state index in [2.05, 4.69) is 0 Å². The number of carbonyl (C=O) groups is 2. The molecule has 1 fully saturated rings. The van der Waals surface area contributed by atoms with Crippen LogP contribution in [0, 0.1) is 5.41 Å². The topological polar surface area (TPSA) is 61.8 Å². The first kappa shape index (κ1) is 16.9. The smallest absolute Gasteiger partial charge is 0.229 e. The van der Waals surface area contributed by atoms with Crippen LogP contribution >= 0.6 is 0 Å². The van der Waals surface area contributed by atoms with E-state index in [1.165, 1.54) is 12.3 Å². The van der Waals surface area contributed by atoms with Gasteiger partial charge in [0.25, 0.3) is 0 Å². The van der Waals surface area contributed by atoms with Gasteiger partial charge in [0, 0.05) is 12.5 Å². The Hall–Kier alpha value is -1.98. The van der Waals surface area contributed by atoms with Crippen LogP contribution in [0.15, 0.2) is 42.7 Å². The molecule has 0 aromatic heterocycles. The van der Waals surface area contributed by atoms with E-state index in [0.717, 1.165) is 5.56 Å².